The summed E-state index contributed by atoms with van der Waals surface area (Å²) < 4.78 is 5.31. The fourth-order valence-corrected chi connectivity index (χ4v) is 2.82. The smallest absolute Gasteiger partial charge is 0.220 e. The van der Waals surface area contributed by atoms with Crippen LogP contribution >= 0.6 is 12.4 Å². The van der Waals surface area contributed by atoms with E-state index in [0.717, 1.165) is 58.0 Å². The first-order chi connectivity index (χ1) is 8.84. The molecular formula is C14H27ClN2O2. The van der Waals surface area contributed by atoms with Gasteiger partial charge in [0.15, 0.2) is 0 Å². The number of amides is 1. The van der Waals surface area contributed by atoms with E-state index in [1.54, 1.807) is 0 Å². The van der Waals surface area contributed by atoms with Crippen molar-refractivity contribution in [3.63, 3.8) is 0 Å². The van der Waals surface area contributed by atoms with Gasteiger partial charge in [0.05, 0.1) is 0 Å². The van der Waals surface area contributed by atoms with Crippen LogP contribution in [0.1, 0.15) is 38.5 Å². The topological polar surface area (TPSA) is 50.4 Å². The van der Waals surface area contributed by atoms with Crippen molar-refractivity contribution < 1.29 is 9.53 Å². The SMILES string of the molecule is Cl.O=C(CCC1CCOC1)NCCC1CCCNC1. The molecule has 2 heterocycles. The van der Waals surface area contributed by atoms with Crippen molar-refractivity contribution in [2.24, 2.45) is 11.8 Å². The normalized spacial score (nSPS) is 26.7. The highest BCUT2D eigenvalue weighted by Gasteiger charge is 2.17. The standard InChI is InChI=1S/C14H26N2O2.ClH/c17-14(4-3-13-6-9-18-11-13)16-8-5-12-2-1-7-15-10-12;/h12-13,15H,1-11H2,(H,16,17);1H. The Morgan fingerprint density at radius 1 is 1.26 bits per heavy atom. The van der Waals surface area contributed by atoms with E-state index in [9.17, 15) is 4.79 Å². The lowest BCUT2D eigenvalue weighted by Crippen LogP contribution is -2.33. The molecule has 0 saturated carbocycles. The van der Waals surface area contributed by atoms with Crippen LogP contribution in [0.4, 0.5) is 0 Å². The van der Waals surface area contributed by atoms with Gasteiger partial charge in [0.1, 0.15) is 0 Å². The van der Waals surface area contributed by atoms with Crippen molar-refractivity contribution in [1.29, 1.82) is 0 Å². The summed E-state index contributed by atoms with van der Waals surface area (Å²) in [7, 11) is 0. The molecule has 2 aliphatic heterocycles. The number of ether oxygens (including phenoxy) is 1. The summed E-state index contributed by atoms with van der Waals surface area (Å²) in [6, 6.07) is 0. The Bertz CT molecular complexity index is 252. The third-order valence-corrected chi connectivity index (χ3v) is 4.08. The molecule has 2 rings (SSSR count). The first kappa shape index (κ1) is 16.7. The molecule has 2 fully saturated rings. The number of rotatable bonds is 6. The lowest BCUT2D eigenvalue weighted by atomic mass is 9.96. The molecule has 2 unspecified atom stereocenters. The van der Waals surface area contributed by atoms with Crippen LogP contribution in [-0.2, 0) is 9.53 Å². The molecular weight excluding hydrogens is 264 g/mol. The van der Waals surface area contributed by atoms with E-state index in [2.05, 4.69) is 10.6 Å². The second-order valence-electron chi connectivity index (χ2n) is 5.62. The van der Waals surface area contributed by atoms with Crippen molar-refractivity contribution in [1.82, 2.24) is 10.6 Å². The van der Waals surface area contributed by atoms with E-state index in [0.29, 0.717) is 12.3 Å². The van der Waals surface area contributed by atoms with Gasteiger partial charge in [-0.05, 0) is 57.0 Å². The molecule has 2 atom stereocenters. The van der Waals surface area contributed by atoms with E-state index in [1.807, 2.05) is 0 Å². The van der Waals surface area contributed by atoms with E-state index in [1.165, 1.54) is 12.8 Å². The summed E-state index contributed by atoms with van der Waals surface area (Å²) >= 11 is 0. The Labute approximate surface area is 122 Å². The van der Waals surface area contributed by atoms with Gasteiger partial charge in [0, 0.05) is 26.2 Å². The quantitative estimate of drug-likeness (QED) is 0.783. The largest absolute Gasteiger partial charge is 0.381 e. The molecule has 0 aliphatic carbocycles. The molecule has 0 aromatic heterocycles. The highest BCUT2D eigenvalue weighted by Crippen LogP contribution is 2.17. The number of hydrogen-bond acceptors (Lipinski definition) is 3. The summed E-state index contributed by atoms with van der Waals surface area (Å²) in [5, 5.41) is 6.45. The van der Waals surface area contributed by atoms with Crippen molar-refractivity contribution in [2.75, 3.05) is 32.8 Å². The summed E-state index contributed by atoms with van der Waals surface area (Å²) in [5.74, 6) is 1.58. The fourth-order valence-electron chi connectivity index (χ4n) is 2.82. The second-order valence-corrected chi connectivity index (χ2v) is 5.62. The Kier molecular flexibility index (Phi) is 8.42. The Hall–Kier alpha value is -0.320. The van der Waals surface area contributed by atoms with Gasteiger partial charge in [-0.25, -0.2) is 0 Å². The molecule has 2 N–H and O–H groups in total. The second kappa shape index (κ2) is 9.56. The maximum absolute atomic E-state index is 11.7. The van der Waals surface area contributed by atoms with Crippen LogP contribution in [0, 0.1) is 11.8 Å². The predicted molar refractivity (Wildman–Crippen MR) is 78.6 cm³/mol. The van der Waals surface area contributed by atoms with E-state index >= 15 is 0 Å². The van der Waals surface area contributed by atoms with Gasteiger partial charge in [-0.15, -0.1) is 12.4 Å². The van der Waals surface area contributed by atoms with Gasteiger partial charge >= 0.3 is 0 Å². The lowest BCUT2D eigenvalue weighted by Gasteiger charge is -2.22. The molecule has 2 saturated heterocycles. The zero-order valence-corrected chi connectivity index (χ0v) is 12.5. The summed E-state index contributed by atoms with van der Waals surface area (Å²) in [4.78, 5) is 11.7. The third-order valence-electron chi connectivity index (χ3n) is 4.08. The number of hydrogen-bond donors (Lipinski definition) is 2. The molecule has 0 spiro atoms. The summed E-state index contributed by atoms with van der Waals surface area (Å²) in [6.45, 7) is 4.84. The maximum Gasteiger partial charge on any atom is 0.220 e. The van der Waals surface area contributed by atoms with Crippen molar-refractivity contribution in [3.8, 4) is 0 Å². The number of nitrogens with one attached hydrogen (secondary N) is 2. The van der Waals surface area contributed by atoms with Gasteiger partial charge in [-0.2, -0.15) is 0 Å². The van der Waals surface area contributed by atoms with Gasteiger partial charge in [-0.3, -0.25) is 4.79 Å². The van der Waals surface area contributed by atoms with Crippen molar-refractivity contribution in [2.45, 2.75) is 38.5 Å². The van der Waals surface area contributed by atoms with Crippen molar-refractivity contribution in [3.05, 3.63) is 0 Å². The van der Waals surface area contributed by atoms with Crippen LogP contribution < -0.4 is 10.6 Å². The number of carbonyl (C=O) groups excluding carboxylic acids is 1. The molecule has 4 nitrogen and oxygen atoms in total. The summed E-state index contributed by atoms with van der Waals surface area (Å²) in [5.41, 5.74) is 0. The Morgan fingerprint density at radius 3 is 2.84 bits per heavy atom. The average Bonchev–Trinajstić information content (AvgIpc) is 2.91. The maximum atomic E-state index is 11.7. The minimum atomic E-state index is 0. The zero-order valence-electron chi connectivity index (χ0n) is 11.7. The molecule has 1 amide bonds. The summed E-state index contributed by atoms with van der Waals surface area (Å²) in [6.07, 6.45) is 6.47. The first-order valence-corrected chi connectivity index (χ1v) is 7.40. The molecule has 5 heteroatoms. The van der Waals surface area contributed by atoms with Crippen LogP contribution in [0.25, 0.3) is 0 Å². The Balaban J connectivity index is 0.00000180. The van der Waals surface area contributed by atoms with Crippen LogP contribution in [0.2, 0.25) is 0 Å². The van der Waals surface area contributed by atoms with E-state index < -0.39 is 0 Å². The van der Waals surface area contributed by atoms with Gasteiger partial charge in [-0.1, -0.05) is 0 Å². The van der Waals surface area contributed by atoms with Crippen LogP contribution in [0.15, 0.2) is 0 Å². The molecule has 2 aliphatic rings. The van der Waals surface area contributed by atoms with Gasteiger partial charge in [0.2, 0.25) is 5.91 Å². The number of piperidine rings is 1. The molecule has 0 aromatic rings. The number of carbonyl (C=O) groups is 1. The highest BCUT2D eigenvalue weighted by molar-refractivity contribution is 5.85. The number of halogens is 1. The molecule has 0 radical (unpaired) electrons. The fraction of sp³-hybridized carbons (Fsp3) is 0.929. The minimum Gasteiger partial charge on any atom is -0.381 e. The van der Waals surface area contributed by atoms with Gasteiger partial charge < -0.3 is 15.4 Å². The van der Waals surface area contributed by atoms with Crippen LogP contribution in [0.5, 0.6) is 0 Å². The van der Waals surface area contributed by atoms with Gasteiger partial charge in [0.25, 0.3) is 0 Å². The molecule has 0 aromatic carbocycles. The van der Waals surface area contributed by atoms with Crippen molar-refractivity contribution >= 4 is 18.3 Å². The molecule has 19 heavy (non-hydrogen) atoms. The third kappa shape index (κ3) is 6.59. The van der Waals surface area contributed by atoms with E-state index in [-0.39, 0.29) is 18.3 Å². The molecule has 112 valence electrons. The zero-order chi connectivity index (χ0) is 12.6. The lowest BCUT2D eigenvalue weighted by molar-refractivity contribution is -0.121. The molecule has 0 bridgehead atoms. The predicted octanol–water partition coefficient (Wildman–Crippen LogP) is 1.73. The van der Waals surface area contributed by atoms with E-state index in [4.69, 9.17) is 4.74 Å². The highest BCUT2D eigenvalue weighted by atomic mass is 35.5. The Morgan fingerprint density at radius 2 is 2.16 bits per heavy atom. The first-order valence-electron chi connectivity index (χ1n) is 7.40. The van der Waals surface area contributed by atoms with Crippen LogP contribution in [0.3, 0.4) is 0 Å². The average molecular weight is 291 g/mol. The monoisotopic (exact) mass is 290 g/mol. The van der Waals surface area contributed by atoms with Crippen LogP contribution in [-0.4, -0.2) is 38.8 Å². The minimum absolute atomic E-state index is 0.